The lowest BCUT2D eigenvalue weighted by Crippen LogP contribution is -2.43. The van der Waals surface area contributed by atoms with Crippen molar-refractivity contribution >= 4 is 5.91 Å². The number of carbonyl (C=O) groups excluding carboxylic acids is 1. The van der Waals surface area contributed by atoms with Crippen molar-refractivity contribution < 1.29 is 4.79 Å². The molecule has 146 valence electrons. The van der Waals surface area contributed by atoms with Gasteiger partial charge in [0, 0.05) is 29.2 Å². The van der Waals surface area contributed by atoms with E-state index in [9.17, 15) is 4.79 Å². The minimum absolute atomic E-state index is 0.0434. The average Bonchev–Trinajstić information content (AvgIpc) is 2.88. The van der Waals surface area contributed by atoms with Crippen molar-refractivity contribution in [1.82, 2.24) is 30.4 Å². The van der Waals surface area contributed by atoms with Crippen LogP contribution in [0.5, 0.6) is 0 Å². The smallest absolute Gasteiger partial charge is 0.251 e. The highest BCUT2D eigenvalue weighted by Crippen LogP contribution is 2.26. The zero-order chi connectivity index (χ0) is 19.6. The molecule has 0 radical (unpaired) electrons. The number of hydrogen-bond donors (Lipinski definition) is 2. The van der Waals surface area contributed by atoms with Crippen molar-refractivity contribution in [2.24, 2.45) is 5.41 Å². The van der Waals surface area contributed by atoms with E-state index in [0.29, 0.717) is 12.4 Å². The first-order valence-corrected chi connectivity index (χ1v) is 9.63. The fourth-order valence-corrected chi connectivity index (χ4v) is 3.67. The molecule has 7 nitrogen and oxygen atoms in total. The number of nitrogens with one attached hydrogen (secondary N) is 2. The molecule has 0 aromatic carbocycles. The molecule has 0 spiro atoms. The molecule has 3 heterocycles. The molecule has 1 aliphatic rings. The van der Waals surface area contributed by atoms with E-state index in [1.807, 2.05) is 33.8 Å². The molecule has 2 aromatic heterocycles. The van der Waals surface area contributed by atoms with Crippen LogP contribution in [0.3, 0.4) is 0 Å². The van der Waals surface area contributed by atoms with Gasteiger partial charge in [-0.25, -0.2) is 14.6 Å². The van der Waals surface area contributed by atoms with Gasteiger partial charge >= 0.3 is 0 Å². The van der Waals surface area contributed by atoms with Crippen LogP contribution in [-0.2, 0) is 11.2 Å². The molecule has 2 aromatic rings. The lowest BCUT2D eigenvalue weighted by molar-refractivity contribution is -0.121. The highest BCUT2D eigenvalue weighted by molar-refractivity contribution is 5.79. The Balaban J connectivity index is 1.72. The first-order chi connectivity index (χ1) is 12.8. The molecule has 1 aliphatic heterocycles. The third kappa shape index (κ3) is 4.53. The minimum atomic E-state index is 0.0434. The van der Waals surface area contributed by atoms with Crippen molar-refractivity contribution in [2.45, 2.75) is 53.9 Å². The molecule has 3 rings (SSSR count). The first kappa shape index (κ1) is 19.5. The van der Waals surface area contributed by atoms with Crippen LogP contribution in [0.4, 0.5) is 0 Å². The van der Waals surface area contributed by atoms with Crippen molar-refractivity contribution in [3.8, 4) is 5.95 Å². The summed E-state index contributed by atoms with van der Waals surface area (Å²) in [5.74, 6) is 0.601. The molecule has 2 N–H and O–H groups in total. The maximum absolute atomic E-state index is 12.6. The molecular weight excluding hydrogens is 340 g/mol. The molecule has 7 heteroatoms. The predicted octanol–water partition coefficient (Wildman–Crippen LogP) is 1.94. The lowest BCUT2D eigenvalue weighted by atomic mass is 9.81. The topological polar surface area (TPSA) is 84.7 Å². The Kier molecular flexibility index (Phi) is 5.60. The Bertz CT molecular complexity index is 815. The second-order valence-electron chi connectivity index (χ2n) is 8.03. The summed E-state index contributed by atoms with van der Waals surface area (Å²) < 4.78 is 1.74. The molecule has 0 bridgehead atoms. The van der Waals surface area contributed by atoms with Gasteiger partial charge in [0.1, 0.15) is 0 Å². The Morgan fingerprint density at radius 1 is 1.19 bits per heavy atom. The van der Waals surface area contributed by atoms with Gasteiger partial charge in [0.15, 0.2) is 0 Å². The normalized spacial score (nSPS) is 16.3. The number of aryl methyl sites for hydroxylation is 3. The standard InChI is InChI=1S/C20H30N6O/c1-13-10-14(2)24-19(23-13)26-16(4)17(15(3)25-26)11-18(27)22-12-20(5)6-8-21-9-7-20/h10,21H,6-9,11-12H2,1-5H3,(H,22,27). The SMILES string of the molecule is Cc1cc(C)nc(-n2nc(C)c(CC(=O)NCC3(C)CCNCC3)c2C)n1. The van der Waals surface area contributed by atoms with Crippen LogP contribution in [-0.4, -0.2) is 45.3 Å². The lowest BCUT2D eigenvalue weighted by Gasteiger charge is -2.34. The van der Waals surface area contributed by atoms with Gasteiger partial charge < -0.3 is 10.6 Å². The van der Waals surface area contributed by atoms with Crippen LogP contribution in [0.25, 0.3) is 5.95 Å². The summed E-state index contributed by atoms with van der Waals surface area (Å²) in [5, 5.41) is 11.1. The Morgan fingerprint density at radius 2 is 1.81 bits per heavy atom. The maximum atomic E-state index is 12.6. The molecule has 0 unspecified atom stereocenters. The largest absolute Gasteiger partial charge is 0.355 e. The highest BCUT2D eigenvalue weighted by atomic mass is 16.1. The number of piperidine rings is 1. The minimum Gasteiger partial charge on any atom is -0.355 e. The summed E-state index contributed by atoms with van der Waals surface area (Å²) >= 11 is 0. The molecule has 1 saturated heterocycles. The zero-order valence-corrected chi connectivity index (χ0v) is 17.0. The molecule has 27 heavy (non-hydrogen) atoms. The van der Waals surface area contributed by atoms with Crippen LogP contribution < -0.4 is 10.6 Å². The zero-order valence-electron chi connectivity index (χ0n) is 17.0. The van der Waals surface area contributed by atoms with Gasteiger partial charge in [-0.15, -0.1) is 0 Å². The van der Waals surface area contributed by atoms with Crippen LogP contribution in [0.15, 0.2) is 6.07 Å². The van der Waals surface area contributed by atoms with Crippen LogP contribution in [0.1, 0.15) is 48.1 Å². The molecule has 1 amide bonds. The third-order valence-corrected chi connectivity index (χ3v) is 5.46. The summed E-state index contributed by atoms with van der Waals surface area (Å²) in [4.78, 5) is 21.5. The van der Waals surface area contributed by atoms with Gasteiger partial charge in [-0.05, 0) is 65.1 Å². The number of rotatable bonds is 5. The van der Waals surface area contributed by atoms with E-state index in [0.717, 1.165) is 60.8 Å². The Labute approximate surface area is 161 Å². The number of amides is 1. The number of nitrogens with zero attached hydrogens (tertiary/aromatic N) is 4. The Hall–Kier alpha value is -2.28. The van der Waals surface area contributed by atoms with Gasteiger partial charge in [0.05, 0.1) is 12.1 Å². The number of aromatic nitrogens is 4. The molecular formula is C20H30N6O. The molecule has 0 atom stereocenters. The van der Waals surface area contributed by atoms with Crippen LogP contribution >= 0.6 is 0 Å². The fraction of sp³-hybridized carbons (Fsp3) is 0.600. The van der Waals surface area contributed by atoms with Crippen molar-refractivity contribution in [1.29, 1.82) is 0 Å². The number of carbonyl (C=O) groups is 1. The van der Waals surface area contributed by atoms with E-state index in [-0.39, 0.29) is 11.3 Å². The van der Waals surface area contributed by atoms with E-state index >= 15 is 0 Å². The van der Waals surface area contributed by atoms with Gasteiger partial charge in [0.2, 0.25) is 5.91 Å². The summed E-state index contributed by atoms with van der Waals surface area (Å²) in [6.07, 6.45) is 2.51. The van der Waals surface area contributed by atoms with Crippen molar-refractivity contribution in [3.63, 3.8) is 0 Å². The van der Waals surface area contributed by atoms with Crippen LogP contribution in [0, 0.1) is 33.1 Å². The van der Waals surface area contributed by atoms with E-state index in [2.05, 4.69) is 32.6 Å². The third-order valence-electron chi connectivity index (χ3n) is 5.46. The van der Waals surface area contributed by atoms with E-state index in [1.54, 1.807) is 4.68 Å². The fourth-order valence-electron chi connectivity index (χ4n) is 3.67. The van der Waals surface area contributed by atoms with Crippen molar-refractivity contribution in [2.75, 3.05) is 19.6 Å². The van der Waals surface area contributed by atoms with E-state index in [1.165, 1.54) is 0 Å². The summed E-state index contributed by atoms with van der Waals surface area (Å²) in [5.41, 5.74) is 4.70. The predicted molar refractivity (Wildman–Crippen MR) is 105 cm³/mol. The first-order valence-electron chi connectivity index (χ1n) is 9.63. The molecule has 0 saturated carbocycles. The number of hydrogen-bond acceptors (Lipinski definition) is 5. The molecule has 0 aliphatic carbocycles. The Morgan fingerprint density at radius 3 is 2.44 bits per heavy atom. The second kappa shape index (κ2) is 7.76. The summed E-state index contributed by atoms with van der Waals surface area (Å²) in [6.45, 7) is 12.8. The van der Waals surface area contributed by atoms with Gasteiger partial charge in [0.25, 0.3) is 5.95 Å². The monoisotopic (exact) mass is 370 g/mol. The summed E-state index contributed by atoms with van der Waals surface area (Å²) in [7, 11) is 0. The summed E-state index contributed by atoms with van der Waals surface area (Å²) in [6, 6.07) is 1.94. The van der Waals surface area contributed by atoms with Gasteiger partial charge in [-0.1, -0.05) is 6.92 Å². The van der Waals surface area contributed by atoms with Crippen LogP contribution in [0.2, 0.25) is 0 Å². The average molecular weight is 371 g/mol. The van der Waals surface area contributed by atoms with Crippen molar-refractivity contribution in [3.05, 3.63) is 34.4 Å². The van der Waals surface area contributed by atoms with Gasteiger partial charge in [-0.2, -0.15) is 5.10 Å². The quantitative estimate of drug-likeness (QED) is 0.840. The molecule has 1 fully saturated rings. The van der Waals surface area contributed by atoms with E-state index in [4.69, 9.17) is 0 Å². The van der Waals surface area contributed by atoms with E-state index < -0.39 is 0 Å². The highest BCUT2D eigenvalue weighted by Gasteiger charge is 2.27. The van der Waals surface area contributed by atoms with Gasteiger partial charge in [-0.3, -0.25) is 4.79 Å². The second-order valence-corrected chi connectivity index (χ2v) is 8.03. The maximum Gasteiger partial charge on any atom is 0.251 e.